The zero-order chi connectivity index (χ0) is 27.3. The lowest BCUT2D eigenvalue weighted by atomic mass is 9.46. The molecular weight excluding hydrogens is 472 g/mol. The maximum atomic E-state index is 12.7. The Morgan fingerprint density at radius 2 is 1.87 bits per heavy atom. The summed E-state index contributed by atoms with van der Waals surface area (Å²) in [6.07, 6.45) is 12.3. The third-order valence-electron chi connectivity index (χ3n) is 11.7. The second-order valence-corrected chi connectivity index (χ2v) is 14.4. The molecule has 3 fully saturated rings. The Hall–Kier alpha value is -1.65. The number of carbonyl (C=O) groups excluding carboxylic acids is 1. The van der Waals surface area contributed by atoms with Gasteiger partial charge in [0.05, 0.1) is 17.3 Å². The standard InChI is InChI=1S/C34H50O4/c1-22(10-9-18-32(2,3)37)27-15-16-28-26-14-13-24-20-25(38-31(36)23-11-7-6-8-12-23)21-30(35)34(24,5)29(26)17-19-33(27,28)4/h6-8,11-13,22,25-30,35,37H,9-10,14-21H2,1-5H3/t22-,25-,26+,27-,28+,29+,30+,33-,34+/m1/s1. The molecule has 4 aliphatic carbocycles. The van der Waals surface area contributed by atoms with Crippen LogP contribution >= 0.6 is 0 Å². The van der Waals surface area contributed by atoms with Crippen LogP contribution in [0.1, 0.15) is 109 Å². The number of hydrogen-bond acceptors (Lipinski definition) is 4. The van der Waals surface area contributed by atoms with Gasteiger partial charge in [0.2, 0.25) is 0 Å². The average Bonchev–Trinajstić information content (AvgIpc) is 3.22. The average molecular weight is 523 g/mol. The number of allylic oxidation sites excluding steroid dienone is 1. The van der Waals surface area contributed by atoms with Gasteiger partial charge in [-0.05, 0) is 99.5 Å². The molecule has 4 heteroatoms. The van der Waals surface area contributed by atoms with E-state index in [2.05, 4.69) is 26.8 Å². The van der Waals surface area contributed by atoms with Gasteiger partial charge in [0.25, 0.3) is 0 Å². The van der Waals surface area contributed by atoms with Gasteiger partial charge in [-0.25, -0.2) is 4.79 Å². The summed E-state index contributed by atoms with van der Waals surface area (Å²) in [6.45, 7) is 11.2. The molecule has 1 aromatic rings. The van der Waals surface area contributed by atoms with Crippen LogP contribution in [-0.4, -0.2) is 34.0 Å². The lowest BCUT2D eigenvalue weighted by Gasteiger charge is -2.59. The maximum Gasteiger partial charge on any atom is 0.338 e. The molecule has 4 nitrogen and oxygen atoms in total. The molecule has 0 spiro atoms. The number of rotatable bonds is 7. The lowest BCUT2D eigenvalue weighted by molar-refractivity contribution is -0.109. The number of benzene rings is 1. The maximum absolute atomic E-state index is 12.7. The van der Waals surface area contributed by atoms with E-state index in [-0.39, 0.29) is 17.5 Å². The highest BCUT2D eigenvalue weighted by molar-refractivity contribution is 5.89. The van der Waals surface area contributed by atoms with Gasteiger partial charge in [-0.1, -0.05) is 63.5 Å². The number of fused-ring (bicyclic) bond motifs is 5. The summed E-state index contributed by atoms with van der Waals surface area (Å²) in [5.41, 5.74) is 1.49. The number of carbonyl (C=O) groups is 1. The van der Waals surface area contributed by atoms with E-state index in [1.165, 1.54) is 37.7 Å². The van der Waals surface area contributed by atoms with Crippen LogP contribution in [-0.2, 0) is 4.74 Å². The van der Waals surface area contributed by atoms with Crippen molar-refractivity contribution in [2.24, 2.45) is 40.4 Å². The molecule has 5 rings (SSSR count). The normalized spacial score (nSPS) is 39.4. The molecule has 3 saturated carbocycles. The number of ether oxygens (including phenoxy) is 1. The molecule has 0 aliphatic heterocycles. The van der Waals surface area contributed by atoms with Crippen molar-refractivity contribution < 1.29 is 19.7 Å². The van der Waals surface area contributed by atoms with Gasteiger partial charge >= 0.3 is 5.97 Å². The van der Waals surface area contributed by atoms with Crippen LogP contribution in [0.2, 0.25) is 0 Å². The SMILES string of the molecule is C[C@H](CCCC(C)(C)O)[C@H]1CC[C@H]2[C@@H]3CC=C4C[C@@H](OC(=O)c5ccccc5)C[C@H](O)[C@]4(C)[C@H]3CC[C@]12C. The molecule has 0 aromatic heterocycles. The molecule has 4 aliphatic rings. The molecule has 38 heavy (non-hydrogen) atoms. The zero-order valence-corrected chi connectivity index (χ0v) is 24.3. The summed E-state index contributed by atoms with van der Waals surface area (Å²) < 4.78 is 5.90. The Labute approximate surface area is 230 Å². The van der Waals surface area contributed by atoms with Crippen molar-refractivity contribution in [3.8, 4) is 0 Å². The van der Waals surface area contributed by atoms with Gasteiger partial charge < -0.3 is 14.9 Å². The van der Waals surface area contributed by atoms with Crippen LogP contribution in [0.5, 0.6) is 0 Å². The highest BCUT2D eigenvalue weighted by Gasteiger charge is 2.61. The highest BCUT2D eigenvalue weighted by Crippen LogP contribution is 2.67. The van der Waals surface area contributed by atoms with Gasteiger partial charge in [-0.3, -0.25) is 0 Å². The Morgan fingerprint density at radius 3 is 2.58 bits per heavy atom. The third-order valence-corrected chi connectivity index (χ3v) is 11.7. The van der Waals surface area contributed by atoms with Gasteiger partial charge in [-0.2, -0.15) is 0 Å². The quantitative estimate of drug-likeness (QED) is 0.290. The Morgan fingerprint density at radius 1 is 1.13 bits per heavy atom. The zero-order valence-electron chi connectivity index (χ0n) is 24.3. The van der Waals surface area contributed by atoms with E-state index in [4.69, 9.17) is 4.74 Å². The molecule has 210 valence electrons. The van der Waals surface area contributed by atoms with E-state index in [0.29, 0.717) is 35.2 Å². The molecule has 0 saturated heterocycles. The van der Waals surface area contributed by atoms with Crippen molar-refractivity contribution >= 4 is 5.97 Å². The van der Waals surface area contributed by atoms with Crippen molar-refractivity contribution in [1.82, 2.24) is 0 Å². The summed E-state index contributed by atoms with van der Waals surface area (Å²) in [4.78, 5) is 12.7. The van der Waals surface area contributed by atoms with Crippen LogP contribution in [0.25, 0.3) is 0 Å². The molecule has 0 bridgehead atoms. The van der Waals surface area contributed by atoms with Gasteiger partial charge in [0, 0.05) is 18.3 Å². The molecule has 0 radical (unpaired) electrons. The first kappa shape index (κ1) is 27.9. The van der Waals surface area contributed by atoms with Crippen LogP contribution < -0.4 is 0 Å². The Balaban J connectivity index is 1.28. The Bertz CT molecular complexity index is 1020. The summed E-state index contributed by atoms with van der Waals surface area (Å²) in [5, 5.41) is 21.8. The highest BCUT2D eigenvalue weighted by atomic mass is 16.5. The molecule has 9 atom stereocenters. The molecular formula is C34H50O4. The molecule has 0 amide bonds. The van der Waals surface area contributed by atoms with Crippen LogP contribution in [0.15, 0.2) is 42.0 Å². The molecule has 0 unspecified atom stereocenters. The summed E-state index contributed by atoms with van der Waals surface area (Å²) in [5.74, 6) is 3.02. The smallest absolute Gasteiger partial charge is 0.338 e. The van der Waals surface area contributed by atoms with Crippen molar-refractivity contribution in [3.05, 3.63) is 47.5 Å². The second kappa shape index (κ2) is 10.4. The van der Waals surface area contributed by atoms with Gasteiger partial charge in [0.15, 0.2) is 0 Å². The minimum Gasteiger partial charge on any atom is -0.458 e. The van der Waals surface area contributed by atoms with Gasteiger partial charge in [-0.15, -0.1) is 0 Å². The van der Waals surface area contributed by atoms with Gasteiger partial charge in [0.1, 0.15) is 6.10 Å². The lowest BCUT2D eigenvalue weighted by Crippen LogP contribution is -2.56. The number of aliphatic hydroxyl groups excluding tert-OH is 1. The first-order chi connectivity index (χ1) is 17.9. The minimum absolute atomic E-state index is 0.212. The number of hydrogen-bond donors (Lipinski definition) is 2. The van der Waals surface area contributed by atoms with E-state index in [9.17, 15) is 15.0 Å². The Kier molecular flexibility index (Phi) is 7.63. The summed E-state index contributed by atoms with van der Waals surface area (Å²) >= 11 is 0. The van der Waals surface area contributed by atoms with E-state index in [0.717, 1.165) is 37.5 Å². The van der Waals surface area contributed by atoms with Crippen molar-refractivity contribution in [2.45, 2.75) is 117 Å². The summed E-state index contributed by atoms with van der Waals surface area (Å²) in [6, 6.07) is 9.19. The van der Waals surface area contributed by atoms with Crippen LogP contribution in [0.4, 0.5) is 0 Å². The molecule has 1 aromatic carbocycles. The predicted octanol–water partition coefficient (Wildman–Crippen LogP) is 7.34. The number of aliphatic hydroxyl groups is 2. The predicted molar refractivity (Wildman–Crippen MR) is 152 cm³/mol. The third kappa shape index (κ3) is 5.01. The van der Waals surface area contributed by atoms with E-state index >= 15 is 0 Å². The summed E-state index contributed by atoms with van der Waals surface area (Å²) in [7, 11) is 0. The molecule has 0 heterocycles. The topological polar surface area (TPSA) is 66.8 Å². The van der Waals surface area contributed by atoms with E-state index in [1.54, 1.807) is 12.1 Å². The minimum atomic E-state index is -0.568. The van der Waals surface area contributed by atoms with E-state index in [1.807, 2.05) is 32.0 Å². The monoisotopic (exact) mass is 522 g/mol. The van der Waals surface area contributed by atoms with Crippen LogP contribution in [0, 0.1) is 40.4 Å². The fraction of sp³-hybridized carbons (Fsp3) is 0.735. The fourth-order valence-corrected chi connectivity index (χ4v) is 9.60. The van der Waals surface area contributed by atoms with Crippen molar-refractivity contribution in [2.75, 3.05) is 0 Å². The van der Waals surface area contributed by atoms with Crippen molar-refractivity contribution in [1.29, 1.82) is 0 Å². The number of esters is 1. The van der Waals surface area contributed by atoms with Crippen molar-refractivity contribution in [3.63, 3.8) is 0 Å². The second-order valence-electron chi connectivity index (χ2n) is 14.4. The first-order valence-corrected chi connectivity index (χ1v) is 15.3. The van der Waals surface area contributed by atoms with Crippen LogP contribution in [0.3, 0.4) is 0 Å². The fourth-order valence-electron chi connectivity index (χ4n) is 9.60. The largest absolute Gasteiger partial charge is 0.458 e. The van der Waals surface area contributed by atoms with E-state index < -0.39 is 11.7 Å². The molecule has 2 N–H and O–H groups in total. The first-order valence-electron chi connectivity index (χ1n) is 15.3.